The first kappa shape index (κ1) is 33.9. The molecule has 0 amide bonds. The molecule has 0 aliphatic carbocycles. The van der Waals surface area contributed by atoms with Crippen LogP contribution in [0.2, 0.25) is 0 Å². The number of piperidine rings is 1. The largest absolute Gasteiger partial charge is 0.496 e. The Labute approximate surface area is 283 Å². The molecule has 2 aliphatic heterocycles. The summed E-state index contributed by atoms with van der Waals surface area (Å²) in [5, 5.41) is 12.4. The molecule has 3 aromatic rings. The molecule has 1 aromatic heterocycles. The van der Waals surface area contributed by atoms with Gasteiger partial charge in [-0.15, -0.1) is 11.3 Å². The molecule has 2 aliphatic rings. The smallest absolute Gasteiger partial charge is 0.309 e. The quantitative estimate of drug-likeness (QED) is 0.146. The second-order valence-electron chi connectivity index (χ2n) is 11.7. The van der Waals surface area contributed by atoms with Crippen molar-refractivity contribution in [3.05, 3.63) is 57.7 Å². The van der Waals surface area contributed by atoms with E-state index < -0.39 is 11.9 Å². The molecule has 1 unspecified atom stereocenters. The maximum atomic E-state index is 16.0. The lowest BCUT2D eigenvalue weighted by Gasteiger charge is -2.36. The van der Waals surface area contributed by atoms with Gasteiger partial charge in [0.1, 0.15) is 23.9 Å². The number of carboxylic acid groups (broad SMARTS) is 1. The summed E-state index contributed by atoms with van der Waals surface area (Å²) in [6.07, 6.45) is 2.96. The fourth-order valence-electron chi connectivity index (χ4n) is 6.54. The van der Waals surface area contributed by atoms with E-state index in [9.17, 15) is 9.90 Å². The van der Waals surface area contributed by atoms with Crippen LogP contribution in [0.4, 0.5) is 9.52 Å². The Balaban J connectivity index is 1.35. The Kier molecular flexibility index (Phi) is 11.6. The van der Waals surface area contributed by atoms with E-state index in [1.165, 1.54) is 11.3 Å². The Morgan fingerprint density at radius 1 is 1.22 bits per heavy atom. The number of methoxy groups -OCH3 is 1. The zero-order valence-electron chi connectivity index (χ0n) is 26.5. The number of nitrogens with zero attached hydrogens (tertiary/aromatic N) is 3. The van der Waals surface area contributed by atoms with Crippen LogP contribution in [0.5, 0.6) is 11.5 Å². The second kappa shape index (κ2) is 15.4. The molecule has 11 heteroatoms. The van der Waals surface area contributed by atoms with E-state index in [2.05, 4.69) is 39.3 Å². The van der Waals surface area contributed by atoms with Crippen molar-refractivity contribution in [2.24, 2.45) is 5.92 Å². The van der Waals surface area contributed by atoms with Crippen LogP contribution in [0, 0.1) is 18.7 Å². The number of aryl methyl sites for hydroxylation is 1. The SMILES string of the molecule is CCO[C@@H]1CN(c2nc(-c3cc(C)ccc3OCc3cc(OC)c4c(c3F)CCN(C(CC)CCI)C4)cs2)CC[C@@H]1C(=O)O. The lowest BCUT2D eigenvalue weighted by molar-refractivity contribution is -0.148. The van der Waals surface area contributed by atoms with Crippen LogP contribution >= 0.6 is 33.9 Å². The maximum absolute atomic E-state index is 16.0. The van der Waals surface area contributed by atoms with E-state index in [1.807, 2.05) is 37.4 Å². The fraction of sp³-hybridized carbons (Fsp3) is 0.529. The van der Waals surface area contributed by atoms with Crippen LogP contribution < -0.4 is 14.4 Å². The highest BCUT2D eigenvalue weighted by Gasteiger charge is 2.36. The van der Waals surface area contributed by atoms with Crippen molar-refractivity contribution >= 4 is 45.0 Å². The first-order valence-electron chi connectivity index (χ1n) is 15.7. The van der Waals surface area contributed by atoms with Crippen LogP contribution in [0.1, 0.15) is 55.4 Å². The van der Waals surface area contributed by atoms with Gasteiger partial charge in [0.25, 0.3) is 0 Å². The Morgan fingerprint density at radius 3 is 2.76 bits per heavy atom. The molecule has 244 valence electrons. The van der Waals surface area contributed by atoms with Gasteiger partial charge in [-0.1, -0.05) is 41.1 Å². The van der Waals surface area contributed by atoms with Crippen molar-refractivity contribution in [2.75, 3.05) is 42.7 Å². The molecule has 1 fully saturated rings. The highest BCUT2D eigenvalue weighted by molar-refractivity contribution is 14.1. The van der Waals surface area contributed by atoms with Crippen molar-refractivity contribution in [1.29, 1.82) is 0 Å². The fourth-order valence-corrected chi connectivity index (χ4v) is 8.12. The molecular weight excluding hydrogens is 708 g/mol. The molecule has 45 heavy (non-hydrogen) atoms. The van der Waals surface area contributed by atoms with E-state index in [4.69, 9.17) is 19.2 Å². The number of anilines is 1. The van der Waals surface area contributed by atoms with E-state index in [-0.39, 0.29) is 18.5 Å². The number of hydrogen-bond donors (Lipinski definition) is 1. The van der Waals surface area contributed by atoms with Crippen LogP contribution in [0.25, 0.3) is 11.3 Å². The number of benzene rings is 2. The Bertz CT molecular complexity index is 1490. The van der Waals surface area contributed by atoms with Gasteiger partial charge in [-0.05, 0) is 63.3 Å². The summed E-state index contributed by atoms with van der Waals surface area (Å²) in [4.78, 5) is 21.2. The van der Waals surface area contributed by atoms with Crippen molar-refractivity contribution in [3.63, 3.8) is 0 Å². The van der Waals surface area contributed by atoms with Crippen molar-refractivity contribution < 1.29 is 28.5 Å². The Hall–Kier alpha value is -2.48. The third-order valence-electron chi connectivity index (χ3n) is 8.99. The predicted octanol–water partition coefficient (Wildman–Crippen LogP) is 7.12. The van der Waals surface area contributed by atoms with Gasteiger partial charge in [-0.25, -0.2) is 9.37 Å². The van der Waals surface area contributed by atoms with E-state index >= 15 is 4.39 Å². The zero-order chi connectivity index (χ0) is 32.1. The van der Waals surface area contributed by atoms with E-state index in [0.29, 0.717) is 62.2 Å². The number of ether oxygens (including phenoxy) is 3. The average Bonchev–Trinajstić information content (AvgIpc) is 3.54. The molecule has 0 spiro atoms. The standard InChI is InChI=1S/C34H43FIN3O5S/c1-5-23(9-12-36)38-13-10-24-27(17-38)30(42-4)16-22(32(24)35)19-44-29-8-7-21(3)15-26(29)28-20-45-34(37-28)39-14-11-25(33(40)41)31(18-39)43-6-2/h7-8,15-16,20,23,25,31H,5-6,9-14,17-19H2,1-4H3,(H,40,41)/t23?,25-,31+/m0/s1. The minimum atomic E-state index is -0.818. The van der Waals surface area contributed by atoms with Crippen LogP contribution in [0.3, 0.4) is 0 Å². The number of thiazole rings is 1. The molecule has 5 rings (SSSR count). The molecule has 1 saturated heterocycles. The van der Waals surface area contributed by atoms with Gasteiger partial charge >= 0.3 is 5.97 Å². The van der Waals surface area contributed by atoms with Gasteiger partial charge in [-0.3, -0.25) is 9.69 Å². The van der Waals surface area contributed by atoms with Crippen molar-refractivity contribution in [2.45, 2.75) is 71.8 Å². The third kappa shape index (κ3) is 7.58. The third-order valence-corrected chi connectivity index (χ3v) is 10.5. The average molecular weight is 752 g/mol. The zero-order valence-corrected chi connectivity index (χ0v) is 29.5. The minimum Gasteiger partial charge on any atom is -0.496 e. The molecule has 0 bridgehead atoms. The van der Waals surface area contributed by atoms with Gasteiger partial charge in [0.2, 0.25) is 0 Å². The van der Waals surface area contributed by atoms with Gasteiger partial charge < -0.3 is 24.2 Å². The number of aromatic nitrogens is 1. The molecule has 0 saturated carbocycles. The van der Waals surface area contributed by atoms with Gasteiger partial charge in [0.15, 0.2) is 5.13 Å². The molecule has 3 atom stereocenters. The van der Waals surface area contributed by atoms with E-state index in [1.54, 1.807) is 13.2 Å². The van der Waals surface area contributed by atoms with E-state index in [0.717, 1.165) is 56.9 Å². The summed E-state index contributed by atoms with van der Waals surface area (Å²) in [6, 6.07) is 8.21. The first-order valence-corrected chi connectivity index (χ1v) is 18.1. The summed E-state index contributed by atoms with van der Waals surface area (Å²) in [5.74, 6) is -0.203. The molecule has 3 heterocycles. The van der Waals surface area contributed by atoms with Crippen LogP contribution in [-0.2, 0) is 29.1 Å². The van der Waals surface area contributed by atoms with Gasteiger partial charge in [-0.2, -0.15) is 0 Å². The molecule has 1 N–H and O–H groups in total. The summed E-state index contributed by atoms with van der Waals surface area (Å²) < 4.78 is 35.0. The Morgan fingerprint density at radius 2 is 2.04 bits per heavy atom. The van der Waals surface area contributed by atoms with Crippen molar-refractivity contribution in [1.82, 2.24) is 9.88 Å². The number of alkyl halides is 1. The van der Waals surface area contributed by atoms with Gasteiger partial charge in [0, 0.05) is 65.3 Å². The summed E-state index contributed by atoms with van der Waals surface area (Å²) in [6.45, 7) is 9.25. The highest BCUT2D eigenvalue weighted by Crippen LogP contribution is 2.38. The number of rotatable bonds is 13. The number of carbonyl (C=O) groups is 1. The predicted molar refractivity (Wildman–Crippen MR) is 185 cm³/mol. The normalized spacial score (nSPS) is 19.3. The number of halogens is 2. The lowest BCUT2D eigenvalue weighted by Crippen LogP contribution is -2.48. The number of carboxylic acids is 1. The van der Waals surface area contributed by atoms with Crippen molar-refractivity contribution in [3.8, 4) is 22.8 Å². The number of hydrogen-bond acceptors (Lipinski definition) is 8. The molecule has 2 aromatic carbocycles. The lowest BCUT2D eigenvalue weighted by atomic mass is 9.93. The maximum Gasteiger partial charge on any atom is 0.309 e. The highest BCUT2D eigenvalue weighted by atomic mass is 127. The van der Waals surface area contributed by atoms with Crippen LogP contribution in [0.15, 0.2) is 29.6 Å². The van der Waals surface area contributed by atoms with Gasteiger partial charge in [0.05, 0.1) is 24.8 Å². The summed E-state index contributed by atoms with van der Waals surface area (Å²) in [7, 11) is 1.65. The monoisotopic (exact) mass is 751 g/mol. The molecular formula is C34H43FIN3O5S. The molecule has 0 radical (unpaired) electrons. The first-order chi connectivity index (χ1) is 21.8. The number of fused-ring (bicyclic) bond motifs is 1. The second-order valence-corrected chi connectivity index (χ2v) is 13.7. The number of aliphatic carboxylic acids is 1. The molecule has 8 nitrogen and oxygen atoms in total. The summed E-state index contributed by atoms with van der Waals surface area (Å²) >= 11 is 3.95. The van der Waals surface area contributed by atoms with Crippen LogP contribution in [-0.4, -0.2) is 70.9 Å². The summed E-state index contributed by atoms with van der Waals surface area (Å²) in [5.41, 5.74) is 4.82. The minimum absolute atomic E-state index is 0.0669. The topological polar surface area (TPSA) is 84.4 Å².